The lowest BCUT2D eigenvalue weighted by Crippen LogP contribution is -2.42. The fourth-order valence-electron chi connectivity index (χ4n) is 3.87. The molecule has 0 aliphatic heterocycles. The molecule has 0 saturated heterocycles. The third-order valence-corrected chi connectivity index (χ3v) is 5.56. The van der Waals surface area contributed by atoms with E-state index in [9.17, 15) is 9.59 Å². The maximum atomic E-state index is 12.1. The predicted octanol–water partition coefficient (Wildman–Crippen LogP) is 4.65. The lowest BCUT2D eigenvalue weighted by Gasteiger charge is -2.34. The molecule has 2 N–H and O–H groups in total. The molecule has 1 unspecified atom stereocenters. The van der Waals surface area contributed by atoms with Crippen LogP contribution in [0.2, 0.25) is 0 Å². The molecule has 6 heteroatoms. The van der Waals surface area contributed by atoms with Crippen LogP contribution < -0.4 is 10.6 Å². The summed E-state index contributed by atoms with van der Waals surface area (Å²) >= 11 is 0. The smallest absolute Gasteiger partial charge is 0.407 e. The molecular formula is C24H34N2O4. The Morgan fingerprint density at radius 2 is 1.83 bits per heavy atom. The van der Waals surface area contributed by atoms with E-state index in [0.717, 1.165) is 36.9 Å². The number of hydrogen-bond acceptors (Lipinski definition) is 5. The Balaban J connectivity index is 1.98. The fourth-order valence-corrected chi connectivity index (χ4v) is 3.87. The van der Waals surface area contributed by atoms with Gasteiger partial charge in [0.15, 0.2) is 0 Å². The summed E-state index contributed by atoms with van der Waals surface area (Å²) in [5.41, 5.74) is 2.31. The number of methoxy groups -OCH3 is 1. The summed E-state index contributed by atoms with van der Waals surface area (Å²) < 4.78 is 10.2. The molecule has 6 nitrogen and oxygen atoms in total. The summed E-state index contributed by atoms with van der Waals surface area (Å²) in [7, 11) is 1.36. The van der Waals surface area contributed by atoms with Crippen molar-refractivity contribution in [3.05, 3.63) is 28.8 Å². The number of amides is 1. The van der Waals surface area contributed by atoms with Crippen molar-refractivity contribution in [2.75, 3.05) is 12.4 Å². The van der Waals surface area contributed by atoms with Crippen molar-refractivity contribution in [2.45, 2.75) is 78.0 Å². The van der Waals surface area contributed by atoms with Gasteiger partial charge in [0, 0.05) is 23.3 Å². The van der Waals surface area contributed by atoms with E-state index in [4.69, 9.17) is 15.9 Å². The zero-order valence-corrected chi connectivity index (χ0v) is 18.9. The molecule has 1 amide bonds. The number of carbonyl (C=O) groups excluding carboxylic acids is 2. The van der Waals surface area contributed by atoms with Crippen LogP contribution in [-0.2, 0) is 9.47 Å². The normalized spacial score (nSPS) is 19.9. The van der Waals surface area contributed by atoms with E-state index in [1.165, 1.54) is 7.11 Å². The second-order valence-electron chi connectivity index (χ2n) is 9.02. The Labute approximate surface area is 180 Å². The number of alkyl carbamates (subject to hydrolysis) is 1. The van der Waals surface area contributed by atoms with Crippen molar-refractivity contribution < 1.29 is 19.1 Å². The van der Waals surface area contributed by atoms with Crippen molar-refractivity contribution >= 4 is 17.7 Å². The number of anilines is 1. The number of terminal acetylenes is 1. The average Bonchev–Trinajstić information content (AvgIpc) is 2.67. The van der Waals surface area contributed by atoms with Crippen LogP contribution in [0.5, 0.6) is 0 Å². The van der Waals surface area contributed by atoms with E-state index in [0.29, 0.717) is 17.0 Å². The number of esters is 1. The number of benzene rings is 1. The van der Waals surface area contributed by atoms with Crippen LogP contribution in [0.3, 0.4) is 0 Å². The molecule has 0 spiro atoms. The molecule has 0 bridgehead atoms. The van der Waals surface area contributed by atoms with Crippen LogP contribution in [0, 0.1) is 25.2 Å². The van der Waals surface area contributed by atoms with E-state index in [1.54, 1.807) is 6.07 Å². The van der Waals surface area contributed by atoms with Crippen LogP contribution in [0.4, 0.5) is 10.5 Å². The van der Waals surface area contributed by atoms with Gasteiger partial charge in [0.05, 0.1) is 12.7 Å². The summed E-state index contributed by atoms with van der Waals surface area (Å²) in [6, 6.07) is 3.92. The van der Waals surface area contributed by atoms with E-state index in [1.807, 2.05) is 33.8 Å². The van der Waals surface area contributed by atoms with Gasteiger partial charge in [-0.05, 0) is 83.9 Å². The van der Waals surface area contributed by atoms with Gasteiger partial charge < -0.3 is 20.1 Å². The number of nitrogens with one attached hydrogen (secondary N) is 2. The molecule has 164 valence electrons. The van der Waals surface area contributed by atoms with Crippen molar-refractivity contribution in [3.8, 4) is 12.3 Å². The van der Waals surface area contributed by atoms with Gasteiger partial charge in [-0.25, -0.2) is 9.59 Å². The molecule has 0 aromatic heterocycles. The third-order valence-electron chi connectivity index (χ3n) is 5.56. The minimum absolute atomic E-state index is 0.140. The van der Waals surface area contributed by atoms with E-state index in [2.05, 4.69) is 23.5 Å². The number of ether oxygens (including phenoxy) is 2. The minimum atomic E-state index is -0.493. The second kappa shape index (κ2) is 9.88. The molecule has 1 aromatic rings. The first-order valence-electron chi connectivity index (χ1n) is 10.5. The Bertz CT molecular complexity index is 812. The minimum Gasteiger partial charge on any atom is -0.465 e. The molecule has 1 aliphatic carbocycles. The van der Waals surface area contributed by atoms with E-state index < -0.39 is 11.6 Å². The van der Waals surface area contributed by atoms with Crippen LogP contribution in [0.25, 0.3) is 0 Å². The van der Waals surface area contributed by atoms with Crippen molar-refractivity contribution in [1.82, 2.24) is 5.32 Å². The van der Waals surface area contributed by atoms with E-state index >= 15 is 0 Å². The molecule has 1 fully saturated rings. The molecular weight excluding hydrogens is 380 g/mol. The van der Waals surface area contributed by atoms with Gasteiger partial charge in [0.1, 0.15) is 5.60 Å². The first-order chi connectivity index (χ1) is 14.0. The Morgan fingerprint density at radius 3 is 2.37 bits per heavy atom. The van der Waals surface area contributed by atoms with Gasteiger partial charge in [-0.2, -0.15) is 0 Å². The number of carbonyl (C=O) groups is 2. The predicted molar refractivity (Wildman–Crippen MR) is 119 cm³/mol. The summed E-state index contributed by atoms with van der Waals surface area (Å²) in [6.07, 6.45) is 9.02. The lowest BCUT2D eigenvalue weighted by molar-refractivity contribution is 0.0485. The first kappa shape index (κ1) is 23.6. The quantitative estimate of drug-likeness (QED) is 0.542. The van der Waals surface area contributed by atoms with Gasteiger partial charge >= 0.3 is 12.1 Å². The summed E-state index contributed by atoms with van der Waals surface area (Å²) in [6.45, 7) is 9.62. The molecule has 0 heterocycles. The highest BCUT2D eigenvalue weighted by atomic mass is 16.6. The molecule has 1 aliphatic rings. The number of hydrogen-bond donors (Lipinski definition) is 2. The first-order valence-corrected chi connectivity index (χ1v) is 10.5. The molecule has 2 rings (SSSR count). The molecule has 1 aromatic carbocycles. The number of rotatable bonds is 5. The van der Waals surface area contributed by atoms with Crippen molar-refractivity contribution in [3.63, 3.8) is 0 Å². The maximum Gasteiger partial charge on any atom is 0.407 e. The average molecular weight is 415 g/mol. The molecule has 30 heavy (non-hydrogen) atoms. The van der Waals surface area contributed by atoms with Gasteiger partial charge in [0.25, 0.3) is 0 Å². The fraction of sp³-hybridized carbons (Fsp3) is 0.583. The second-order valence-corrected chi connectivity index (χ2v) is 9.02. The van der Waals surface area contributed by atoms with Gasteiger partial charge in [-0.15, -0.1) is 6.42 Å². The summed E-state index contributed by atoms with van der Waals surface area (Å²) in [4.78, 5) is 24.1. The Hall–Kier alpha value is -2.68. The molecule has 0 radical (unpaired) electrons. The highest BCUT2D eigenvalue weighted by molar-refractivity contribution is 5.93. The zero-order chi connectivity index (χ0) is 22.5. The van der Waals surface area contributed by atoms with Crippen LogP contribution in [0.1, 0.15) is 74.9 Å². The maximum absolute atomic E-state index is 12.1. The molecule has 1 atom stereocenters. The SMILES string of the molecule is C#Cc1cc(NC(C)C2CCC(NC(=O)OC(C)(C)C)CC2)c(C)c(C(=O)OC)c1. The van der Waals surface area contributed by atoms with Crippen LogP contribution >= 0.6 is 0 Å². The largest absolute Gasteiger partial charge is 0.465 e. The third kappa shape index (κ3) is 6.41. The summed E-state index contributed by atoms with van der Waals surface area (Å²) in [5.74, 6) is 2.67. The lowest BCUT2D eigenvalue weighted by atomic mass is 9.82. The molecule has 1 saturated carbocycles. The highest BCUT2D eigenvalue weighted by Gasteiger charge is 2.28. The Morgan fingerprint density at radius 1 is 1.20 bits per heavy atom. The standard InChI is InChI=1S/C24H34N2O4/c1-8-17-13-20(22(27)29-7)15(2)21(14-17)25-16(3)18-9-11-19(12-10-18)26-23(28)30-24(4,5)6/h1,13-14,16,18-19,25H,9-12H2,2-7H3,(H,26,28). The van der Waals surface area contributed by atoms with Crippen LogP contribution in [0.15, 0.2) is 12.1 Å². The topological polar surface area (TPSA) is 76.7 Å². The Kier molecular flexibility index (Phi) is 7.77. The van der Waals surface area contributed by atoms with Crippen molar-refractivity contribution in [2.24, 2.45) is 5.92 Å². The monoisotopic (exact) mass is 414 g/mol. The highest BCUT2D eigenvalue weighted by Crippen LogP contribution is 2.30. The van der Waals surface area contributed by atoms with Crippen LogP contribution in [-0.4, -0.2) is 36.9 Å². The van der Waals surface area contributed by atoms with Crippen molar-refractivity contribution in [1.29, 1.82) is 0 Å². The summed E-state index contributed by atoms with van der Waals surface area (Å²) in [5, 5.41) is 6.53. The van der Waals surface area contributed by atoms with Gasteiger partial charge in [-0.1, -0.05) is 5.92 Å². The zero-order valence-electron chi connectivity index (χ0n) is 18.9. The van der Waals surface area contributed by atoms with E-state index in [-0.39, 0.29) is 18.2 Å². The van der Waals surface area contributed by atoms with Gasteiger partial charge in [0.2, 0.25) is 0 Å². The van der Waals surface area contributed by atoms with Gasteiger partial charge in [-0.3, -0.25) is 0 Å².